The Morgan fingerprint density at radius 2 is 0.743 bits per heavy atom. The minimum Gasteiger partial charge on any atom is -0.456 e. The first kappa shape index (κ1) is 61.4. The third-order valence-corrected chi connectivity index (χ3v) is 26.5. The van der Waals surface area contributed by atoms with Crippen LogP contribution in [0.5, 0.6) is 0 Å². The maximum absolute atomic E-state index is 6.57. The highest BCUT2D eigenvalue weighted by molar-refractivity contribution is 7.26. The molecule has 0 radical (unpaired) electrons. The van der Waals surface area contributed by atoms with Crippen LogP contribution in [-0.2, 0) is 0 Å². The number of benzene rings is 15. The Labute approximate surface area is 609 Å². The second kappa shape index (κ2) is 25.5. The molecule has 0 unspecified atom stereocenters. The molecule has 21 rings (SSSR count). The molecule has 0 aliphatic rings. The molecule has 492 valence electrons. The number of aromatic nitrogens is 7. The van der Waals surface area contributed by atoms with Gasteiger partial charge in [-0.2, -0.15) is 9.97 Å². The second-order valence-electron chi connectivity index (χ2n) is 26.6. The Morgan fingerprint density at radius 1 is 0.248 bits per heavy atom. The van der Waals surface area contributed by atoms with Crippen molar-refractivity contribution in [3.8, 4) is 68.2 Å². The lowest BCUT2D eigenvalue weighted by atomic mass is 10.0. The van der Waals surface area contributed by atoms with Gasteiger partial charge < -0.3 is 8.98 Å². The molecular weight excluding hydrogens is 1320 g/mol. The van der Waals surface area contributed by atoms with Crippen molar-refractivity contribution in [1.82, 2.24) is 34.1 Å². The number of para-hydroxylation sites is 2. The van der Waals surface area contributed by atoms with Crippen LogP contribution in [0.15, 0.2) is 374 Å². The Bertz CT molecular complexity index is 6730. The van der Waals surface area contributed by atoms with Crippen LogP contribution in [0.2, 0.25) is 0 Å². The molecule has 6 heterocycles. The van der Waals surface area contributed by atoms with Gasteiger partial charge in [0, 0.05) is 85.8 Å². The van der Waals surface area contributed by atoms with Crippen LogP contribution >= 0.6 is 11.3 Å². The van der Waals surface area contributed by atoms with Crippen molar-refractivity contribution in [2.24, 2.45) is 0 Å². The number of rotatable bonds is 11. The number of hydrogen-bond donors (Lipinski definition) is 0. The van der Waals surface area contributed by atoms with Gasteiger partial charge in [-0.15, -0.1) is 11.3 Å². The minimum atomic E-state index is -2.81. The van der Waals surface area contributed by atoms with E-state index in [4.69, 9.17) is 29.3 Å². The lowest BCUT2D eigenvalue weighted by molar-refractivity contribution is 0.669. The molecule has 0 fully saturated rings. The summed E-state index contributed by atoms with van der Waals surface area (Å²) in [5.41, 5.74) is 15.3. The molecule has 105 heavy (non-hydrogen) atoms. The quantitative estimate of drug-likeness (QED) is 0.0947. The SMILES string of the molecule is c1ccc(-c2ccc3c(c2)c2cc4sc5ccccc5c4cc2n3-c2nc(-c3ccccc3)nc(-c3ccccc3)n2)cc1.c1ccc(-c2nc(-c3cccc(-n4c5ccc([Si](c6ccccc6)(c6ccccc6)c6ccccc6)cc5c5cc6oc7ccccc7c6cc54)c3)nc3ccccc23)cc1. The smallest absolute Gasteiger partial charge is 0.238 e. The summed E-state index contributed by atoms with van der Waals surface area (Å²) in [6.07, 6.45) is 0. The molecular formula is C95H61N7OSSi. The fraction of sp³-hybridized carbons (Fsp3) is 0. The van der Waals surface area contributed by atoms with Gasteiger partial charge in [-0.05, 0) is 105 Å². The summed E-state index contributed by atoms with van der Waals surface area (Å²) in [5.74, 6) is 2.58. The highest BCUT2D eigenvalue weighted by Gasteiger charge is 2.42. The Balaban J connectivity index is 0.000000147. The van der Waals surface area contributed by atoms with Gasteiger partial charge in [-0.3, -0.25) is 4.57 Å². The Morgan fingerprint density at radius 3 is 1.41 bits per heavy atom. The molecule has 10 heteroatoms. The van der Waals surface area contributed by atoms with E-state index in [2.05, 4.69) is 300 Å². The molecule has 0 aliphatic carbocycles. The fourth-order valence-electron chi connectivity index (χ4n) is 15.8. The number of nitrogens with zero attached hydrogens (tertiary/aromatic N) is 7. The van der Waals surface area contributed by atoms with Crippen LogP contribution in [0.3, 0.4) is 0 Å². The molecule has 0 N–H and O–H groups in total. The molecule has 8 nitrogen and oxygen atoms in total. The molecule has 0 spiro atoms. The molecule has 6 aromatic heterocycles. The van der Waals surface area contributed by atoms with Crippen molar-refractivity contribution in [2.75, 3.05) is 0 Å². The predicted molar refractivity (Wildman–Crippen MR) is 439 cm³/mol. The fourth-order valence-corrected chi connectivity index (χ4v) is 21.7. The number of hydrogen-bond acceptors (Lipinski definition) is 7. The van der Waals surface area contributed by atoms with Crippen LogP contribution in [-0.4, -0.2) is 42.1 Å². The first-order chi connectivity index (χ1) is 52.0. The van der Waals surface area contributed by atoms with E-state index >= 15 is 0 Å². The molecule has 0 saturated heterocycles. The van der Waals surface area contributed by atoms with Gasteiger partial charge in [0.1, 0.15) is 11.2 Å². The summed E-state index contributed by atoms with van der Waals surface area (Å²) >= 11 is 1.84. The van der Waals surface area contributed by atoms with Crippen molar-refractivity contribution in [1.29, 1.82) is 0 Å². The number of furan rings is 1. The Kier molecular flexibility index (Phi) is 14.9. The average molecular weight is 1380 g/mol. The van der Waals surface area contributed by atoms with Gasteiger partial charge >= 0.3 is 0 Å². The predicted octanol–water partition coefficient (Wildman–Crippen LogP) is 21.7. The van der Waals surface area contributed by atoms with Crippen molar-refractivity contribution in [3.63, 3.8) is 0 Å². The molecule has 0 aliphatic heterocycles. The first-order valence-electron chi connectivity index (χ1n) is 35.4. The minimum absolute atomic E-state index is 0.601. The highest BCUT2D eigenvalue weighted by atomic mass is 32.1. The van der Waals surface area contributed by atoms with Gasteiger partial charge in [0.05, 0.1) is 33.3 Å². The van der Waals surface area contributed by atoms with E-state index in [1.807, 2.05) is 90.2 Å². The zero-order valence-corrected chi connectivity index (χ0v) is 58.5. The Hall–Kier alpha value is -13.5. The van der Waals surface area contributed by atoms with E-state index in [9.17, 15) is 0 Å². The van der Waals surface area contributed by atoms with Gasteiger partial charge in [0.2, 0.25) is 5.95 Å². The summed E-state index contributed by atoms with van der Waals surface area (Å²) in [6.45, 7) is 0. The maximum atomic E-state index is 6.57. The van der Waals surface area contributed by atoms with Gasteiger partial charge in [0.25, 0.3) is 0 Å². The molecule has 0 atom stereocenters. The monoisotopic (exact) mass is 1380 g/mol. The summed E-state index contributed by atoms with van der Waals surface area (Å²) in [5, 5.41) is 15.7. The van der Waals surface area contributed by atoms with Crippen LogP contribution in [0.4, 0.5) is 0 Å². The standard InChI is InChI=1S/C56H37N3OSi.C39H24N4S/c1-5-18-38(19-6-1)55-46-29-13-15-30-50(46)57-56(58-55)39-20-17-21-40(34-39)59-51-33-32-44(35-47(51)48-37-54-49(36-52(48)59)45-28-14-16-31-53(45)60-54)61(41-22-7-2-8-23-41,42-24-9-3-10-25-42)43-26-11-4-12-27-43;1-4-12-25(13-5-1)28-20-21-33-30(22-28)31-24-36-32(29-18-10-11-19-35(29)44-36)23-34(31)43(33)39-41-37(26-14-6-2-7-15-26)40-38(42-39)27-16-8-3-9-17-27/h1-37H;1-24H. The van der Waals surface area contributed by atoms with Crippen LogP contribution in [0.1, 0.15) is 0 Å². The van der Waals surface area contributed by atoms with E-state index in [1.54, 1.807) is 0 Å². The zero-order valence-electron chi connectivity index (χ0n) is 56.7. The maximum Gasteiger partial charge on any atom is 0.238 e. The van der Waals surface area contributed by atoms with Crippen molar-refractivity contribution < 1.29 is 4.42 Å². The molecule has 21 aromatic rings. The second-order valence-corrected chi connectivity index (χ2v) is 31.5. The van der Waals surface area contributed by atoms with Crippen molar-refractivity contribution >= 4 is 137 Å². The van der Waals surface area contributed by atoms with Gasteiger partial charge in [-0.25, -0.2) is 15.0 Å². The summed E-state index contributed by atoms with van der Waals surface area (Å²) in [6, 6.07) is 132. The molecule has 15 aromatic carbocycles. The summed E-state index contributed by atoms with van der Waals surface area (Å²) < 4.78 is 13.8. The summed E-state index contributed by atoms with van der Waals surface area (Å²) in [4.78, 5) is 25.6. The molecule has 0 bridgehead atoms. The first-order valence-corrected chi connectivity index (χ1v) is 38.2. The van der Waals surface area contributed by atoms with Gasteiger partial charge in [-0.1, -0.05) is 297 Å². The number of thiophene rings is 1. The normalized spacial score (nSPS) is 11.8. The molecule has 0 amide bonds. The van der Waals surface area contributed by atoms with Crippen LogP contribution in [0, 0.1) is 0 Å². The average Bonchev–Trinajstić information content (AvgIpc) is 1.62. The van der Waals surface area contributed by atoms with Crippen LogP contribution in [0.25, 0.3) is 165 Å². The van der Waals surface area contributed by atoms with Crippen LogP contribution < -0.4 is 20.7 Å². The van der Waals surface area contributed by atoms with E-state index in [1.165, 1.54) is 68.2 Å². The number of fused-ring (bicyclic) bond motifs is 13. The zero-order chi connectivity index (χ0) is 69.4. The van der Waals surface area contributed by atoms with E-state index in [0.717, 1.165) is 93.9 Å². The largest absolute Gasteiger partial charge is 0.456 e. The summed E-state index contributed by atoms with van der Waals surface area (Å²) in [7, 11) is -2.81. The topological polar surface area (TPSA) is 87.5 Å². The third kappa shape index (κ3) is 10.5. The van der Waals surface area contributed by atoms with Gasteiger partial charge in [0.15, 0.2) is 25.5 Å². The lowest BCUT2D eigenvalue weighted by Crippen LogP contribution is -2.74. The van der Waals surface area contributed by atoms with Crippen molar-refractivity contribution in [2.45, 2.75) is 0 Å². The third-order valence-electron chi connectivity index (χ3n) is 20.6. The van der Waals surface area contributed by atoms with Crippen molar-refractivity contribution in [3.05, 3.63) is 370 Å². The van der Waals surface area contributed by atoms with E-state index < -0.39 is 8.07 Å². The highest BCUT2D eigenvalue weighted by Crippen LogP contribution is 2.43. The lowest BCUT2D eigenvalue weighted by Gasteiger charge is -2.34. The van der Waals surface area contributed by atoms with E-state index in [0.29, 0.717) is 23.4 Å². The molecule has 0 saturated carbocycles. The van der Waals surface area contributed by atoms with E-state index in [-0.39, 0.29) is 0 Å².